The summed E-state index contributed by atoms with van der Waals surface area (Å²) in [7, 11) is 12.1. The van der Waals surface area contributed by atoms with Gasteiger partial charge in [0.05, 0.1) is 42.8 Å². The normalized spacial score (nSPS) is 17.7. The fraction of sp³-hybridized carbons (Fsp3) is 0.571. The van der Waals surface area contributed by atoms with Crippen molar-refractivity contribution in [2.24, 2.45) is 0 Å². The molecule has 0 aliphatic carbocycles. The summed E-state index contributed by atoms with van der Waals surface area (Å²) in [6.07, 6.45) is 4.40. The monoisotopic (exact) mass is 902 g/mol. The van der Waals surface area contributed by atoms with Crippen molar-refractivity contribution in [1.82, 2.24) is 29.7 Å². The van der Waals surface area contributed by atoms with Crippen molar-refractivity contribution in [2.45, 2.75) is 116 Å². The van der Waals surface area contributed by atoms with E-state index in [1.165, 1.54) is 11.1 Å². The molecule has 0 saturated carbocycles. The second kappa shape index (κ2) is 23.4. The number of aromatic nitrogens is 3. The number of nitrogen functional groups attached to an aromatic ring is 1. The number of rotatable bonds is 11. The van der Waals surface area contributed by atoms with Gasteiger partial charge >= 0.3 is 12.2 Å². The highest BCUT2D eigenvalue weighted by molar-refractivity contribution is 5.84. The van der Waals surface area contributed by atoms with Crippen molar-refractivity contribution >= 4 is 29.6 Å². The Labute approximate surface area is 387 Å². The number of amides is 2. The zero-order valence-electron chi connectivity index (χ0n) is 41.4. The highest BCUT2D eigenvalue weighted by atomic mass is 16.6. The van der Waals surface area contributed by atoms with Crippen LogP contribution in [0, 0.1) is 0 Å². The van der Waals surface area contributed by atoms with Gasteiger partial charge < -0.3 is 43.8 Å². The lowest BCUT2D eigenvalue weighted by molar-refractivity contribution is 0.0623. The lowest BCUT2D eigenvalue weighted by atomic mass is 9.94. The smallest absolute Gasteiger partial charge is 0.413 e. The summed E-state index contributed by atoms with van der Waals surface area (Å²) >= 11 is 0. The van der Waals surface area contributed by atoms with Crippen LogP contribution < -0.4 is 16.4 Å². The first kappa shape index (κ1) is 52.5. The average Bonchev–Trinajstić information content (AvgIpc) is 4.04. The van der Waals surface area contributed by atoms with E-state index in [-0.39, 0.29) is 18.1 Å². The maximum atomic E-state index is 12.0. The van der Waals surface area contributed by atoms with E-state index in [1.54, 1.807) is 18.6 Å². The Hall–Kier alpha value is -5.13. The molecule has 0 aromatic carbocycles. The number of hydrogen-bond donors (Lipinski definition) is 3. The van der Waals surface area contributed by atoms with Gasteiger partial charge in [-0.1, -0.05) is 12.1 Å². The topological polar surface area (TPSA) is 183 Å². The molecule has 16 nitrogen and oxygen atoms in total. The predicted octanol–water partition coefficient (Wildman–Crippen LogP) is 9.66. The van der Waals surface area contributed by atoms with E-state index in [4.69, 9.17) is 34.1 Å². The van der Waals surface area contributed by atoms with Crippen molar-refractivity contribution < 1.29 is 33.0 Å². The maximum Gasteiger partial charge on any atom is 0.413 e. The Morgan fingerprint density at radius 1 is 0.646 bits per heavy atom. The highest BCUT2D eigenvalue weighted by Crippen LogP contribution is 2.34. The second-order valence-corrected chi connectivity index (χ2v) is 19.3. The van der Waals surface area contributed by atoms with E-state index in [0.717, 1.165) is 67.5 Å². The number of carbonyl (C=O) groups is 2. The molecular weight excluding hydrogens is 827 g/mol. The molecule has 4 N–H and O–H groups in total. The third-order valence-electron chi connectivity index (χ3n) is 11.2. The number of pyridine rings is 3. The zero-order chi connectivity index (χ0) is 48.2. The van der Waals surface area contributed by atoms with Gasteiger partial charge in [0, 0.05) is 54.3 Å². The van der Waals surface area contributed by atoms with Gasteiger partial charge in [0.2, 0.25) is 0 Å². The molecule has 5 atom stereocenters. The summed E-state index contributed by atoms with van der Waals surface area (Å²) in [6, 6.07) is 13.9. The zero-order valence-corrected chi connectivity index (χ0v) is 41.4. The van der Waals surface area contributed by atoms with Gasteiger partial charge in [-0.3, -0.25) is 10.6 Å². The number of nitrogens with one attached hydrogen (secondary N) is 2. The number of anilines is 3. The van der Waals surface area contributed by atoms with Crippen molar-refractivity contribution in [2.75, 3.05) is 85.1 Å². The van der Waals surface area contributed by atoms with Gasteiger partial charge in [-0.05, 0) is 159 Å². The minimum absolute atomic E-state index is 0.0651. The van der Waals surface area contributed by atoms with Crippen LogP contribution in [0.5, 0.6) is 0 Å². The quantitative estimate of drug-likeness (QED) is 0.129. The standard InChI is InChI=1S/C18H29N3O3.C18H25N3O3.C13H21N3O/c2*1-12(21(5)6)16-14(13-9-10-23-11-13)7-8-15(19-16)20-17(22)24-18(2,3)4;1-9(16(2)3)13-11(4-5-12(14)15-13)10-6-7-17-8-10/h7-8,12-13H,9-11H2,1-6H3,(H,19,20,22);7-12H,1-6H3,(H,19,20,22);4-5,9-10H,6-8H2,1-3H3,(H2,14,15). The van der Waals surface area contributed by atoms with E-state index >= 15 is 0 Å². The number of hydrogen-bond acceptors (Lipinski definition) is 14. The first-order valence-electron chi connectivity index (χ1n) is 22.4. The van der Waals surface area contributed by atoms with Gasteiger partial charge in [-0.25, -0.2) is 24.5 Å². The van der Waals surface area contributed by atoms with Crippen LogP contribution in [0.4, 0.5) is 27.0 Å². The van der Waals surface area contributed by atoms with Gasteiger partial charge in [-0.15, -0.1) is 0 Å². The molecule has 5 unspecified atom stereocenters. The number of carbonyl (C=O) groups excluding carboxylic acids is 2. The Balaban J connectivity index is 0.000000217. The molecule has 2 aliphatic rings. The second-order valence-electron chi connectivity index (χ2n) is 19.3. The number of nitrogens with zero attached hydrogens (tertiary/aromatic N) is 6. The number of ether oxygens (including phenoxy) is 4. The van der Waals surface area contributed by atoms with Gasteiger partial charge in [0.25, 0.3) is 0 Å². The first-order valence-corrected chi connectivity index (χ1v) is 22.4. The lowest BCUT2D eigenvalue weighted by Crippen LogP contribution is -2.28. The highest BCUT2D eigenvalue weighted by Gasteiger charge is 2.27. The first-order chi connectivity index (χ1) is 30.4. The van der Waals surface area contributed by atoms with Crippen molar-refractivity contribution in [3.63, 3.8) is 0 Å². The summed E-state index contributed by atoms with van der Waals surface area (Å²) in [6.45, 7) is 20.5. The molecule has 2 aliphatic heterocycles. The summed E-state index contributed by atoms with van der Waals surface area (Å²) in [4.78, 5) is 44.1. The summed E-state index contributed by atoms with van der Waals surface area (Å²) in [5.74, 6) is 2.40. The maximum absolute atomic E-state index is 12.0. The van der Waals surface area contributed by atoms with Gasteiger partial charge in [0.1, 0.15) is 28.7 Å². The predicted molar refractivity (Wildman–Crippen MR) is 257 cm³/mol. The fourth-order valence-electron chi connectivity index (χ4n) is 7.05. The third-order valence-corrected chi connectivity index (χ3v) is 11.2. The van der Waals surface area contributed by atoms with E-state index in [2.05, 4.69) is 76.2 Å². The summed E-state index contributed by atoms with van der Waals surface area (Å²) < 4.78 is 26.7. The summed E-state index contributed by atoms with van der Waals surface area (Å²) in [5, 5.41) is 5.42. The SMILES string of the molecule is CC(c1nc(N)ccc1C1CCOC1)N(C)C.CC(c1nc(NC(=O)OC(C)(C)C)ccc1-c1ccoc1)N(C)C.CC(c1nc(NC(=O)OC(C)(C)C)ccc1C1CCOC1)N(C)C. The summed E-state index contributed by atoms with van der Waals surface area (Å²) in [5.41, 5.74) is 12.0. The fourth-order valence-corrected chi connectivity index (χ4v) is 7.05. The minimum Gasteiger partial charge on any atom is -0.472 e. The van der Waals surface area contributed by atoms with Gasteiger partial charge in [0.15, 0.2) is 0 Å². The van der Waals surface area contributed by atoms with E-state index < -0.39 is 23.4 Å². The van der Waals surface area contributed by atoms with E-state index in [0.29, 0.717) is 29.3 Å². The molecular formula is C49H75N9O7. The van der Waals surface area contributed by atoms with Crippen LogP contribution in [-0.4, -0.2) is 122 Å². The Morgan fingerprint density at radius 2 is 1.08 bits per heavy atom. The number of furan rings is 1. The Kier molecular flexibility index (Phi) is 18.9. The van der Waals surface area contributed by atoms with Crippen LogP contribution in [0.1, 0.15) is 133 Å². The minimum atomic E-state index is -0.555. The molecule has 2 amide bonds. The van der Waals surface area contributed by atoms with Crippen LogP contribution in [0.25, 0.3) is 11.1 Å². The lowest BCUT2D eigenvalue weighted by Gasteiger charge is -2.25. The molecule has 358 valence electrons. The van der Waals surface area contributed by atoms with Crippen LogP contribution in [0.15, 0.2) is 59.4 Å². The van der Waals surface area contributed by atoms with Crippen LogP contribution >= 0.6 is 0 Å². The molecule has 4 aromatic rings. The van der Waals surface area contributed by atoms with Crippen LogP contribution in [0.2, 0.25) is 0 Å². The van der Waals surface area contributed by atoms with Gasteiger partial charge in [-0.2, -0.15) is 0 Å². The average molecular weight is 902 g/mol. The molecule has 2 saturated heterocycles. The van der Waals surface area contributed by atoms with E-state index in [1.807, 2.05) is 100 Å². The largest absolute Gasteiger partial charge is 0.472 e. The van der Waals surface area contributed by atoms with E-state index in [9.17, 15) is 9.59 Å². The molecule has 2 fully saturated rings. The molecule has 16 heteroatoms. The Bertz CT molecular complexity index is 2120. The molecule has 6 rings (SSSR count). The Morgan fingerprint density at radius 3 is 1.49 bits per heavy atom. The molecule has 0 radical (unpaired) electrons. The molecule has 0 spiro atoms. The molecule has 4 aromatic heterocycles. The van der Waals surface area contributed by atoms with Crippen LogP contribution in [0.3, 0.4) is 0 Å². The van der Waals surface area contributed by atoms with Crippen molar-refractivity contribution in [3.05, 3.63) is 83.2 Å². The van der Waals surface area contributed by atoms with Crippen molar-refractivity contribution in [3.8, 4) is 11.1 Å². The molecule has 65 heavy (non-hydrogen) atoms. The molecule has 6 heterocycles. The molecule has 0 bridgehead atoms. The van der Waals surface area contributed by atoms with Crippen molar-refractivity contribution in [1.29, 1.82) is 0 Å². The third kappa shape index (κ3) is 16.1. The van der Waals surface area contributed by atoms with Crippen LogP contribution in [-0.2, 0) is 18.9 Å². The number of nitrogens with two attached hydrogens (primary N) is 1.